The number of anilines is 3. The molecule has 0 radical (unpaired) electrons. The standard InChI is InChI=1S/C32H31ClF2N6O2.C29H24ClF2N5O2.C26H17ClF5N5O/c1-4-25(42)40-11-10-23-24(40)15-41(23)31-21-13-36-29(20-7-5-6-18-8-9-22(34)27(33)26(18)20)28(35)30(21)37-32(38-31)43-16-19-12-17(2)14-39(19)3;1-2-22(38)36-12-11-20-21(36)14-37(20)28-18-13-33-26(17-8-3-5-15-9-10-19(31)24(30)23(15)17)25(32)27(18)34-29(35-28)39-16-6-4-7-16;27-21-16(28)5-4-13-2-1-3-14(20(13)21)23-22(29)24-15(10-33-23)25(35-12-34-24)37-11-18-17(37)7-9-36(18)19(38)6-8-26(30,31)32/h4-9,13,17,19,23-24H,1,10-12,14-16H2,2-3H3;2-3,5,8-10,13,16,20-21H,1,4,6-7,11-12,14H2;1-6,8,10,12,17-18H,7,9,11H2/b;;8-6+/t17-,19+,23-,24-;20-,21-;17-,18-/m111/s1. The summed E-state index contributed by atoms with van der Waals surface area (Å²) in [5.74, 6) is -2.75. The summed E-state index contributed by atoms with van der Waals surface area (Å²) >= 11 is 18.9. The van der Waals surface area contributed by atoms with Crippen LogP contribution in [0.4, 0.5) is 57.0 Å². The second kappa shape index (κ2) is 31.5. The molecule has 8 aliphatic rings. The third-order valence-electron chi connectivity index (χ3n) is 24.4. The molecular weight excluding hydrogens is 1630 g/mol. The van der Waals surface area contributed by atoms with Gasteiger partial charge >= 0.3 is 18.2 Å². The summed E-state index contributed by atoms with van der Waals surface area (Å²) in [5.41, 5.74) is 1.17. The molecule has 0 N–H and O–H groups in total. The largest absolute Gasteiger partial charge is 0.462 e. The third-order valence-corrected chi connectivity index (χ3v) is 25.5. The number of ether oxygens (including phenoxy) is 2. The summed E-state index contributed by atoms with van der Waals surface area (Å²) in [6, 6.07) is 24.1. The van der Waals surface area contributed by atoms with Crippen LogP contribution in [0.2, 0.25) is 15.1 Å². The number of amides is 3. The van der Waals surface area contributed by atoms with Gasteiger partial charge in [-0.2, -0.15) is 33.1 Å². The number of carbonyl (C=O) groups is 3. The monoisotopic (exact) mass is 1700 g/mol. The number of benzene rings is 6. The summed E-state index contributed by atoms with van der Waals surface area (Å²) < 4.78 is 141. The summed E-state index contributed by atoms with van der Waals surface area (Å²) in [4.78, 5) is 90.6. The van der Waals surface area contributed by atoms with E-state index in [1.54, 1.807) is 85.2 Å². The summed E-state index contributed by atoms with van der Waals surface area (Å²) in [7, 11) is 2.07. The van der Waals surface area contributed by atoms with E-state index in [1.165, 1.54) is 47.8 Å². The number of hydrogen-bond donors (Lipinski definition) is 0. The molecule has 0 unspecified atom stereocenters. The van der Waals surface area contributed by atoms with E-state index in [0.717, 1.165) is 45.1 Å². The van der Waals surface area contributed by atoms with Crippen LogP contribution in [-0.4, -0.2) is 196 Å². The maximum absolute atomic E-state index is 16.6. The van der Waals surface area contributed by atoms with Crippen molar-refractivity contribution in [2.75, 3.05) is 74.2 Å². The molecule has 6 aromatic carbocycles. The number of rotatable bonds is 14. The first kappa shape index (κ1) is 79.5. The van der Waals surface area contributed by atoms with Crippen molar-refractivity contribution >= 4 is 135 Å². The number of pyridine rings is 3. The molecule has 21 nitrogen and oxygen atoms in total. The van der Waals surface area contributed by atoms with Crippen molar-refractivity contribution in [3.8, 4) is 45.8 Å². The number of fused-ring (bicyclic) bond motifs is 9. The molecule has 1 saturated carbocycles. The molecule has 120 heavy (non-hydrogen) atoms. The SMILES string of the molecule is C=CC(=O)N1CC[C@@H]2[C@H]1CN2c1nc(OC2CCC2)nc2c(F)c(-c3cccc4ccc(F)c(Cl)c34)ncc12.C=CC(=O)N1CC[C@@H]2[C@H]1CN2c1nc(OC[C@@H]2C[C@@H](C)CN2C)nc2c(F)c(-c3cccc4ccc(F)c(Cl)c34)ncc12.O=C(/C=C/C(F)(F)F)N1CC[C@@H]2[C@H]1CN2c1ncnc2c(F)c(-c3cccc4ccc(F)c(Cl)c34)ncc12. The highest BCUT2D eigenvalue weighted by Crippen LogP contribution is 2.48. The minimum Gasteiger partial charge on any atom is -0.462 e. The van der Waals surface area contributed by atoms with Gasteiger partial charge in [-0.3, -0.25) is 34.2 Å². The second-order valence-corrected chi connectivity index (χ2v) is 32.4. The molecule has 7 aliphatic heterocycles. The van der Waals surface area contributed by atoms with Crippen LogP contribution < -0.4 is 24.2 Å². The highest BCUT2D eigenvalue weighted by molar-refractivity contribution is 6.38. The Morgan fingerprint density at radius 3 is 1.33 bits per heavy atom. The van der Waals surface area contributed by atoms with Crippen LogP contribution in [0.25, 0.3) is 98.8 Å². The van der Waals surface area contributed by atoms with Gasteiger partial charge in [-0.05, 0) is 104 Å². The minimum atomic E-state index is -4.57. The maximum atomic E-state index is 16.6. The molecule has 0 spiro atoms. The Bertz CT molecular complexity index is 6290. The average Bonchev–Trinajstić information content (AvgIpc) is 1.48. The predicted molar refractivity (Wildman–Crippen MR) is 439 cm³/mol. The molecule has 6 aromatic heterocycles. The van der Waals surface area contributed by atoms with E-state index in [1.807, 2.05) is 14.7 Å². The van der Waals surface area contributed by atoms with Gasteiger partial charge in [0, 0.05) is 115 Å². The number of carbonyl (C=O) groups excluding carboxylic acids is 3. The van der Waals surface area contributed by atoms with Crippen molar-refractivity contribution in [2.24, 2.45) is 5.92 Å². The predicted octanol–water partition coefficient (Wildman–Crippen LogP) is 16.8. The third kappa shape index (κ3) is 14.0. The number of allylic oxidation sites excluding steroid dienone is 1. The van der Waals surface area contributed by atoms with Gasteiger partial charge in [-0.1, -0.05) is 128 Å². The molecule has 8 atom stereocenters. The van der Waals surface area contributed by atoms with Crippen LogP contribution in [0.15, 0.2) is 153 Å². The zero-order chi connectivity index (χ0) is 83.6. The summed E-state index contributed by atoms with van der Waals surface area (Å²) in [5, 5.41) is 3.94. The molecule has 12 aromatic rings. The van der Waals surface area contributed by atoms with Crippen molar-refractivity contribution in [3.63, 3.8) is 0 Å². The Balaban J connectivity index is 0.000000124. The molecule has 614 valence electrons. The van der Waals surface area contributed by atoms with E-state index >= 15 is 13.2 Å². The smallest absolute Gasteiger partial charge is 0.409 e. The van der Waals surface area contributed by atoms with Gasteiger partial charge in [-0.15, -0.1) is 0 Å². The second-order valence-electron chi connectivity index (χ2n) is 31.2. The highest BCUT2D eigenvalue weighted by Gasteiger charge is 2.53. The lowest BCUT2D eigenvalue weighted by atomic mass is 9.96. The lowest BCUT2D eigenvalue weighted by Crippen LogP contribution is -2.63. The number of nitrogens with zero attached hydrogens (tertiary/aromatic N) is 16. The first-order valence-electron chi connectivity index (χ1n) is 39.2. The molecule has 20 rings (SSSR count). The van der Waals surface area contributed by atoms with Crippen molar-refractivity contribution in [1.29, 1.82) is 0 Å². The Hall–Kier alpha value is -11.6. The van der Waals surface area contributed by atoms with Gasteiger partial charge in [0.25, 0.3) is 0 Å². The van der Waals surface area contributed by atoms with Crippen LogP contribution in [0.1, 0.15) is 51.9 Å². The molecule has 0 bridgehead atoms. The molecule has 3 amide bonds. The van der Waals surface area contributed by atoms with Crippen molar-refractivity contribution in [1.82, 2.24) is 64.5 Å². The highest BCUT2D eigenvalue weighted by atomic mass is 35.5. The van der Waals surface area contributed by atoms with Crippen LogP contribution in [0, 0.1) is 40.8 Å². The molecule has 33 heteroatoms. The number of alkyl halides is 3. The molecule has 8 fully saturated rings. The van der Waals surface area contributed by atoms with Crippen LogP contribution in [0.3, 0.4) is 0 Å². The van der Waals surface area contributed by atoms with Gasteiger partial charge < -0.3 is 38.9 Å². The number of hydrogen-bond acceptors (Lipinski definition) is 18. The number of likely N-dealkylation sites (tertiary alicyclic amines) is 4. The van der Waals surface area contributed by atoms with Crippen LogP contribution in [0.5, 0.6) is 12.0 Å². The van der Waals surface area contributed by atoms with Gasteiger partial charge in [-0.25, -0.2) is 36.3 Å². The van der Waals surface area contributed by atoms with E-state index in [2.05, 4.69) is 76.7 Å². The fourth-order valence-electron chi connectivity index (χ4n) is 18.2. The van der Waals surface area contributed by atoms with Crippen molar-refractivity contribution in [3.05, 3.63) is 203 Å². The van der Waals surface area contributed by atoms with E-state index in [-0.39, 0.29) is 127 Å². The van der Waals surface area contributed by atoms with Gasteiger partial charge in [0.2, 0.25) is 17.7 Å². The number of likely N-dealkylation sites (N-methyl/N-ethyl adjacent to an activating group) is 1. The summed E-state index contributed by atoms with van der Waals surface area (Å²) in [6.07, 6.45) is 10.2. The van der Waals surface area contributed by atoms with Gasteiger partial charge in [0.05, 0.1) is 67.5 Å². The molecule has 1 aliphatic carbocycles. The fraction of sp³-hybridized carbons (Fsp3) is 0.310. The van der Waals surface area contributed by atoms with Crippen molar-refractivity contribution in [2.45, 2.75) is 106 Å². The Morgan fingerprint density at radius 2 is 0.917 bits per heavy atom. The van der Waals surface area contributed by atoms with Crippen molar-refractivity contribution < 1.29 is 63.4 Å². The minimum absolute atomic E-state index is 0.00385. The Kier molecular flexibility index (Phi) is 20.9. The maximum Gasteiger partial charge on any atom is 0.409 e. The molecule has 13 heterocycles. The van der Waals surface area contributed by atoms with E-state index in [0.29, 0.717) is 147 Å². The van der Waals surface area contributed by atoms with E-state index in [4.69, 9.17) is 54.2 Å². The molecule has 7 saturated heterocycles. The average molecular weight is 1700 g/mol. The first-order valence-corrected chi connectivity index (χ1v) is 40.3. The van der Waals surface area contributed by atoms with E-state index in [9.17, 15) is 40.7 Å². The van der Waals surface area contributed by atoms with Crippen LogP contribution in [-0.2, 0) is 14.4 Å². The zero-order valence-corrected chi connectivity index (χ0v) is 66.5. The fourth-order valence-corrected chi connectivity index (χ4v) is 19.0. The quantitative estimate of drug-likeness (QED) is 0.0732. The topological polar surface area (TPSA) is 208 Å². The Labute approximate surface area is 694 Å². The lowest BCUT2D eigenvalue weighted by molar-refractivity contribution is -0.128. The van der Waals surface area contributed by atoms with Gasteiger partial charge in [0.1, 0.15) is 87.6 Å². The van der Waals surface area contributed by atoms with Crippen LogP contribution >= 0.6 is 34.8 Å². The normalized spacial score (nSPS) is 21.3. The summed E-state index contributed by atoms with van der Waals surface area (Å²) in [6.45, 7) is 13.8. The zero-order valence-electron chi connectivity index (χ0n) is 64.2. The van der Waals surface area contributed by atoms with Gasteiger partial charge in [0.15, 0.2) is 17.5 Å². The first-order chi connectivity index (χ1) is 57.8. The number of halogens is 12. The Morgan fingerprint density at radius 1 is 0.500 bits per heavy atom. The van der Waals surface area contributed by atoms with E-state index < -0.39 is 47.0 Å². The number of aromatic nitrogens is 9. The molecular formula is C87H72Cl3F9N16O5. The lowest BCUT2D eigenvalue weighted by Gasteiger charge is -2.47.